The lowest BCUT2D eigenvalue weighted by Crippen LogP contribution is -1.87. The number of benzene rings is 2. The van der Waals surface area contributed by atoms with E-state index in [0.717, 1.165) is 6.42 Å². The topological polar surface area (TPSA) is 0 Å². The summed E-state index contributed by atoms with van der Waals surface area (Å²) in [6, 6.07) is 11.0. The molecule has 0 heterocycles. The molecule has 0 amide bonds. The van der Waals surface area contributed by atoms with Crippen LogP contribution in [-0.2, 0) is 6.42 Å². The van der Waals surface area contributed by atoms with Crippen molar-refractivity contribution in [3.63, 3.8) is 0 Å². The Bertz CT molecular complexity index is 533. The Hall–Kier alpha value is -1.56. The van der Waals surface area contributed by atoms with Gasteiger partial charge in [0.25, 0.3) is 0 Å². The Balaban J connectivity index is 2.50. The summed E-state index contributed by atoms with van der Waals surface area (Å²) in [5.74, 6) is 0. The minimum absolute atomic E-state index is 1.09. The Labute approximate surface area is 83.9 Å². The highest BCUT2D eigenvalue weighted by Gasteiger charge is 2.10. The van der Waals surface area contributed by atoms with E-state index in [1.54, 1.807) is 0 Å². The van der Waals surface area contributed by atoms with Gasteiger partial charge in [-0.25, -0.2) is 0 Å². The largest absolute Gasteiger partial charge is 0.0795 e. The maximum absolute atomic E-state index is 2.29. The van der Waals surface area contributed by atoms with E-state index in [0.29, 0.717) is 0 Å². The monoisotopic (exact) mass is 180 g/mol. The van der Waals surface area contributed by atoms with Gasteiger partial charge in [0.2, 0.25) is 0 Å². The van der Waals surface area contributed by atoms with Gasteiger partial charge in [0.15, 0.2) is 0 Å². The number of fused-ring (bicyclic) bond motifs is 3. The Kier molecular flexibility index (Phi) is 1.51. The minimum atomic E-state index is 1.09. The second kappa shape index (κ2) is 2.71. The van der Waals surface area contributed by atoms with Gasteiger partial charge in [0, 0.05) is 0 Å². The van der Waals surface area contributed by atoms with Crippen LogP contribution in [0.5, 0.6) is 0 Å². The molecule has 0 heteroatoms. The van der Waals surface area contributed by atoms with Crippen molar-refractivity contribution in [1.82, 2.24) is 0 Å². The number of hydrogen-bond donors (Lipinski definition) is 0. The number of rotatable bonds is 0. The van der Waals surface area contributed by atoms with E-state index in [9.17, 15) is 0 Å². The molecular formula is C14H12. The molecule has 0 atom stereocenters. The van der Waals surface area contributed by atoms with Crippen LogP contribution in [0.3, 0.4) is 0 Å². The molecule has 2 aromatic carbocycles. The zero-order valence-electron chi connectivity index (χ0n) is 8.25. The minimum Gasteiger partial charge on any atom is -0.0795 e. The first-order valence-corrected chi connectivity index (χ1v) is 5.04. The van der Waals surface area contributed by atoms with Crippen molar-refractivity contribution in [3.8, 4) is 0 Å². The molecule has 0 saturated carbocycles. The smallest absolute Gasteiger partial charge is 0.00820 e. The van der Waals surface area contributed by atoms with Crippen molar-refractivity contribution < 1.29 is 0 Å². The van der Waals surface area contributed by atoms with Crippen LogP contribution in [-0.4, -0.2) is 0 Å². The number of aryl methyl sites for hydroxylation is 1. The predicted octanol–water partition coefficient (Wildman–Crippen LogP) is 3.72. The predicted molar refractivity (Wildman–Crippen MR) is 61.4 cm³/mol. The van der Waals surface area contributed by atoms with Gasteiger partial charge in [-0.15, -0.1) is 0 Å². The Morgan fingerprint density at radius 1 is 1.07 bits per heavy atom. The quantitative estimate of drug-likeness (QED) is 0.579. The summed E-state index contributed by atoms with van der Waals surface area (Å²) >= 11 is 0. The maximum atomic E-state index is 2.29. The molecule has 0 unspecified atom stereocenters. The molecule has 14 heavy (non-hydrogen) atoms. The summed E-state index contributed by atoms with van der Waals surface area (Å²) in [6.07, 6.45) is 5.57. The van der Waals surface area contributed by atoms with Crippen LogP contribution in [0.4, 0.5) is 0 Å². The van der Waals surface area contributed by atoms with E-state index in [1.807, 2.05) is 0 Å². The van der Waals surface area contributed by atoms with Crippen molar-refractivity contribution in [2.75, 3.05) is 0 Å². The third-order valence-corrected chi connectivity index (χ3v) is 3.02. The third-order valence-electron chi connectivity index (χ3n) is 3.02. The summed E-state index contributed by atoms with van der Waals surface area (Å²) in [4.78, 5) is 0. The van der Waals surface area contributed by atoms with Crippen LogP contribution < -0.4 is 0 Å². The summed E-state index contributed by atoms with van der Waals surface area (Å²) in [7, 11) is 0. The van der Waals surface area contributed by atoms with E-state index < -0.39 is 0 Å². The van der Waals surface area contributed by atoms with Crippen molar-refractivity contribution >= 4 is 16.8 Å². The lowest BCUT2D eigenvalue weighted by molar-refractivity contribution is 1.33. The van der Waals surface area contributed by atoms with E-state index in [4.69, 9.17) is 0 Å². The van der Waals surface area contributed by atoms with Gasteiger partial charge in [-0.1, -0.05) is 42.5 Å². The standard InChI is InChI=1S/C14H12/c1-10-9-11-5-4-8-13(11)14-7-3-2-6-12(10)14/h2-7,9H,8H2,1H3. The molecule has 0 nitrogen and oxygen atoms in total. The summed E-state index contributed by atoms with van der Waals surface area (Å²) < 4.78 is 0. The Morgan fingerprint density at radius 3 is 2.71 bits per heavy atom. The molecule has 1 aliphatic rings. The number of allylic oxidation sites excluding steroid dienone is 1. The SMILES string of the molecule is Cc1cc2c(c3ccccc13)CC=C2. The molecule has 68 valence electrons. The molecule has 0 saturated heterocycles. The Morgan fingerprint density at radius 2 is 1.86 bits per heavy atom. The average Bonchev–Trinajstić information content (AvgIpc) is 2.66. The lowest BCUT2D eigenvalue weighted by Gasteiger charge is -2.08. The first-order valence-electron chi connectivity index (χ1n) is 5.04. The highest BCUT2D eigenvalue weighted by Crippen LogP contribution is 2.30. The second-order valence-corrected chi connectivity index (χ2v) is 3.91. The molecule has 0 aromatic heterocycles. The van der Waals surface area contributed by atoms with Gasteiger partial charge >= 0.3 is 0 Å². The average molecular weight is 180 g/mol. The number of hydrogen-bond acceptors (Lipinski definition) is 0. The molecule has 0 radical (unpaired) electrons. The van der Waals surface area contributed by atoms with Gasteiger partial charge in [0.1, 0.15) is 0 Å². The van der Waals surface area contributed by atoms with Crippen LogP contribution >= 0.6 is 0 Å². The van der Waals surface area contributed by atoms with Gasteiger partial charge in [0.05, 0.1) is 0 Å². The van der Waals surface area contributed by atoms with Gasteiger partial charge in [-0.05, 0) is 40.8 Å². The maximum Gasteiger partial charge on any atom is -0.00820 e. The highest BCUT2D eigenvalue weighted by molar-refractivity contribution is 5.92. The van der Waals surface area contributed by atoms with Gasteiger partial charge < -0.3 is 0 Å². The van der Waals surface area contributed by atoms with Crippen LogP contribution in [0.25, 0.3) is 16.8 Å². The first-order chi connectivity index (χ1) is 6.86. The summed E-state index contributed by atoms with van der Waals surface area (Å²) in [6.45, 7) is 2.19. The zero-order valence-corrected chi connectivity index (χ0v) is 8.25. The van der Waals surface area contributed by atoms with Gasteiger partial charge in [-0.3, -0.25) is 0 Å². The highest BCUT2D eigenvalue weighted by atomic mass is 14.1. The summed E-state index contributed by atoms with van der Waals surface area (Å²) in [5, 5.41) is 2.82. The molecule has 3 rings (SSSR count). The van der Waals surface area contributed by atoms with Crippen molar-refractivity contribution in [2.24, 2.45) is 0 Å². The van der Waals surface area contributed by atoms with E-state index in [-0.39, 0.29) is 0 Å². The first kappa shape index (κ1) is 7.81. The van der Waals surface area contributed by atoms with Crippen molar-refractivity contribution in [2.45, 2.75) is 13.3 Å². The van der Waals surface area contributed by atoms with E-state index in [2.05, 4.69) is 49.4 Å². The van der Waals surface area contributed by atoms with Crippen LogP contribution in [0.15, 0.2) is 36.4 Å². The molecule has 2 aromatic rings. The zero-order chi connectivity index (χ0) is 9.54. The van der Waals surface area contributed by atoms with E-state index in [1.165, 1.54) is 27.5 Å². The molecule has 0 fully saturated rings. The van der Waals surface area contributed by atoms with Crippen molar-refractivity contribution in [3.05, 3.63) is 53.1 Å². The fourth-order valence-corrected chi connectivity index (χ4v) is 2.32. The fourth-order valence-electron chi connectivity index (χ4n) is 2.32. The van der Waals surface area contributed by atoms with E-state index >= 15 is 0 Å². The lowest BCUT2D eigenvalue weighted by atomic mass is 9.97. The fraction of sp³-hybridized carbons (Fsp3) is 0.143. The van der Waals surface area contributed by atoms with Crippen LogP contribution in [0.2, 0.25) is 0 Å². The van der Waals surface area contributed by atoms with Crippen LogP contribution in [0.1, 0.15) is 16.7 Å². The normalized spacial score (nSPS) is 13.5. The van der Waals surface area contributed by atoms with Crippen LogP contribution in [0, 0.1) is 6.92 Å². The summed E-state index contributed by atoms with van der Waals surface area (Å²) in [5.41, 5.74) is 4.28. The third kappa shape index (κ3) is 0.941. The molecule has 0 bridgehead atoms. The molecule has 0 N–H and O–H groups in total. The molecule has 0 aliphatic heterocycles. The van der Waals surface area contributed by atoms with Crippen molar-refractivity contribution in [1.29, 1.82) is 0 Å². The molecule has 0 spiro atoms. The van der Waals surface area contributed by atoms with Gasteiger partial charge in [-0.2, -0.15) is 0 Å². The molecule has 1 aliphatic carbocycles. The molecular weight excluding hydrogens is 168 g/mol. The second-order valence-electron chi connectivity index (χ2n) is 3.91.